The lowest BCUT2D eigenvalue weighted by Crippen LogP contribution is -2.37. The Morgan fingerprint density at radius 3 is 2.53 bits per heavy atom. The lowest BCUT2D eigenvalue weighted by Gasteiger charge is -2.22. The van der Waals surface area contributed by atoms with Gasteiger partial charge in [-0.15, -0.1) is 0 Å². The first-order chi connectivity index (χ1) is 8.08. The second kappa shape index (κ2) is 6.62. The zero-order valence-corrected chi connectivity index (χ0v) is 10.9. The maximum absolute atomic E-state index is 11.9. The number of rotatable bonds is 6. The van der Waals surface area contributed by atoms with E-state index >= 15 is 0 Å². The third kappa shape index (κ3) is 4.36. The molecule has 98 valence electrons. The topological polar surface area (TPSA) is 55.4 Å². The Kier molecular flexibility index (Phi) is 5.45. The molecule has 0 radical (unpaired) electrons. The maximum Gasteiger partial charge on any atom is 0.305 e. The molecular weight excluding hydrogens is 218 g/mol. The summed E-state index contributed by atoms with van der Waals surface area (Å²) in [6, 6.07) is 0. The predicted molar refractivity (Wildman–Crippen MR) is 65.5 cm³/mol. The standard InChI is InChI=1S/C13H23NO3/c1-3-17-11(15)7-6-10-14-12(16)13(2)8-4-5-9-13/h3-10H2,1-2H3,(H,14,16). The van der Waals surface area contributed by atoms with Crippen LogP contribution in [0.15, 0.2) is 0 Å². The summed E-state index contributed by atoms with van der Waals surface area (Å²) in [5, 5.41) is 2.92. The number of esters is 1. The smallest absolute Gasteiger partial charge is 0.305 e. The van der Waals surface area contributed by atoms with E-state index in [4.69, 9.17) is 4.74 Å². The molecule has 1 N–H and O–H groups in total. The number of carbonyl (C=O) groups excluding carboxylic acids is 2. The van der Waals surface area contributed by atoms with Crippen LogP contribution < -0.4 is 5.32 Å². The summed E-state index contributed by atoms with van der Waals surface area (Å²) in [4.78, 5) is 23.0. The first kappa shape index (κ1) is 14.0. The van der Waals surface area contributed by atoms with E-state index in [1.165, 1.54) is 0 Å². The van der Waals surface area contributed by atoms with E-state index in [0.29, 0.717) is 26.0 Å². The summed E-state index contributed by atoms with van der Waals surface area (Å²) in [6.07, 6.45) is 5.29. The molecule has 0 aliphatic heterocycles. The van der Waals surface area contributed by atoms with Gasteiger partial charge in [0, 0.05) is 18.4 Å². The Balaban J connectivity index is 2.14. The second-order valence-corrected chi connectivity index (χ2v) is 4.93. The van der Waals surface area contributed by atoms with E-state index in [-0.39, 0.29) is 17.3 Å². The fourth-order valence-corrected chi connectivity index (χ4v) is 2.26. The average molecular weight is 241 g/mol. The van der Waals surface area contributed by atoms with Crippen LogP contribution in [0.4, 0.5) is 0 Å². The Bertz CT molecular complexity index is 270. The van der Waals surface area contributed by atoms with E-state index in [1.54, 1.807) is 6.92 Å². The highest BCUT2D eigenvalue weighted by Crippen LogP contribution is 2.37. The van der Waals surface area contributed by atoms with Crippen molar-refractivity contribution in [2.75, 3.05) is 13.2 Å². The highest BCUT2D eigenvalue weighted by Gasteiger charge is 2.35. The third-order valence-corrected chi connectivity index (χ3v) is 3.40. The Morgan fingerprint density at radius 2 is 1.94 bits per heavy atom. The lowest BCUT2D eigenvalue weighted by molar-refractivity contribution is -0.143. The highest BCUT2D eigenvalue weighted by atomic mass is 16.5. The number of hydrogen-bond acceptors (Lipinski definition) is 3. The van der Waals surface area contributed by atoms with Crippen molar-refractivity contribution in [3.8, 4) is 0 Å². The van der Waals surface area contributed by atoms with Crippen molar-refractivity contribution in [1.82, 2.24) is 5.32 Å². The Labute approximate surface area is 103 Å². The third-order valence-electron chi connectivity index (χ3n) is 3.40. The SMILES string of the molecule is CCOC(=O)CCCNC(=O)C1(C)CCCC1. The molecule has 0 spiro atoms. The average Bonchev–Trinajstić information content (AvgIpc) is 2.73. The van der Waals surface area contributed by atoms with Crippen molar-refractivity contribution in [3.05, 3.63) is 0 Å². The molecule has 0 saturated heterocycles. The van der Waals surface area contributed by atoms with Gasteiger partial charge >= 0.3 is 5.97 Å². The molecule has 0 aromatic rings. The van der Waals surface area contributed by atoms with Crippen LogP contribution in [0, 0.1) is 5.41 Å². The molecule has 0 unspecified atom stereocenters. The molecule has 17 heavy (non-hydrogen) atoms. The zero-order chi connectivity index (χ0) is 12.7. The molecule has 0 bridgehead atoms. The van der Waals surface area contributed by atoms with Gasteiger partial charge in [-0.05, 0) is 26.2 Å². The molecule has 4 nitrogen and oxygen atoms in total. The molecule has 1 amide bonds. The summed E-state index contributed by atoms with van der Waals surface area (Å²) < 4.78 is 4.82. The van der Waals surface area contributed by atoms with E-state index in [0.717, 1.165) is 25.7 Å². The van der Waals surface area contributed by atoms with Crippen LogP contribution in [-0.2, 0) is 14.3 Å². The Hall–Kier alpha value is -1.06. The van der Waals surface area contributed by atoms with Crippen molar-refractivity contribution < 1.29 is 14.3 Å². The zero-order valence-electron chi connectivity index (χ0n) is 10.9. The first-order valence-electron chi connectivity index (χ1n) is 6.52. The van der Waals surface area contributed by atoms with Crippen LogP contribution in [0.1, 0.15) is 52.4 Å². The summed E-state index contributed by atoms with van der Waals surface area (Å²) in [6.45, 7) is 4.80. The van der Waals surface area contributed by atoms with Crippen molar-refractivity contribution in [3.63, 3.8) is 0 Å². The molecular formula is C13H23NO3. The minimum absolute atomic E-state index is 0.138. The molecule has 0 aromatic carbocycles. The quantitative estimate of drug-likeness (QED) is 0.572. The molecule has 0 atom stereocenters. The van der Waals surface area contributed by atoms with Gasteiger partial charge in [-0.3, -0.25) is 9.59 Å². The van der Waals surface area contributed by atoms with Crippen LogP contribution in [0.5, 0.6) is 0 Å². The molecule has 1 aliphatic rings. The normalized spacial score (nSPS) is 17.8. The molecule has 0 aromatic heterocycles. The van der Waals surface area contributed by atoms with Crippen molar-refractivity contribution >= 4 is 11.9 Å². The number of hydrogen-bond donors (Lipinski definition) is 1. The molecule has 1 aliphatic carbocycles. The number of amides is 1. The van der Waals surface area contributed by atoms with Crippen LogP contribution in [0.2, 0.25) is 0 Å². The molecule has 1 fully saturated rings. The minimum Gasteiger partial charge on any atom is -0.466 e. The summed E-state index contributed by atoms with van der Waals surface area (Å²) in [5.74, 6) is -0.0484. The number of carbonyl (C=O) groups is 2. The predicted octanol–water partition coefficient (Wildman–Crippen LogP) is 2.03. The monoisotopic (exact) mass is 241 g/mol. The van der Waals surface area contributed by atoms with Gasteiger partial charge in [-0.25, -0.2) is 0 Å². The van der Waals surface area contributed by atoms with Crippen molar-refractivity contribution in [2.45, 2.75) is 52.4 Å². The molecule has 1 rings (SSSR count). The van der Waals surface area contributed by atoms with E-state index in [1.807, 2.05) is 6.92 Å². The minimum atomic E-state index is -0.186. The maximum atomic E-state index is 11.9. The number of ether oxygens (including phenoxy) is 1. The fourth-order valence-electron chi connectivity index (χ4n) is 2.26. The number of nitrogens with one attached hydrogen (secondary N) is 1. The van der Waals surface area contributed by atoms with Gasteiger partial charge in [0.25, 0.3) is 0 Å². The van der Waals surface area contributed by atoms with Crippen LogP contribution >= 0.6 is 0 Å². The van der Waals surface area contributed by atoms with Gasteiger partial charge in [0.15, 0.2) is 0 Å². The Morgan fingerprint density at radius 1 is 1.29 bits per heavy atom. The van der Waals surface area contributed by atoms with Gasteiger partial charge in [0.2, 0.25) is 5.91 Å². The van der Waals surface area contributed by atoms with Crippen LogP contribution in [0.25, 0.3) is 0 Å². The molecule has 4 heteroatoms. The largest absolute Gasteiger partial charge is 0.466 e. The molecule has 0 heterocycles. The highest BCUT2D eigenvalue weighted by molar-refractivity contribution is 5.82. The second-order valence-electron chi connectivity index (χ2n) is 4.93. The molecule has 1 saturated carbocycles. The lowest BCUT2D eigenvalue weighted by atomic mass is 9.88. The van der Waals surface area contributed by atoms with Gasteiger partial charge in [0.05, 0.1) is 6.61 Å². The van der Waals surface area contributed by atoms with E-state index in [9.17, 15) is 9.59 Å². The van der Waals surface area contributed by atoms with Gasteiger partial charge < -0.3 is 10.1 Å². The van der Waals surface area contributed by atoms with Gasteiger partial charge in [-0.1, -0.05) is 19.8 Å². The summed E-state index contributed by atoms with van der Waals surface area (Å²) >= 11 is 0. The van der Waals surface area contributed by atoms with E-state index < -0.39 is 0 Å². The van der Waals surface area contributed by atoms with Gasteiger partial charge in [-0.2, -0.15) is 0 Å². The van der Waals surface area contributed by atoms with Crippen LogP contribution in [-0.4, -0.2) is 25.0 Å². The fraction of sp³-hybridized carbons (Fsp3) is 0.846. The summed E-state index contributed by atoms with van der Waals surface area (Å²) in [7, 11) is 0. The van der Waals surface area contributed by atoms with Crippen molar-refractivity contribution in [1.29, 1.82) is 0 Å². The van der Waals surface area contributed by atoms with Gasteiger partial charge in [0.1, 0.15) is 0 Å². The van der Waals surface area contributed by atoms with Crippen molar-refractivity contribution in [2.24, 2.45) is 5.41 Å². The summed E-state index contributed by atoms with van der Waals surface area (Å²) in [5.41, 5.74) is -0.177. The first-order valence-corrected chi connectivity index (χ1v) is 6.52. The van der Waals surface area contributed by atoms with E-state index in [2.05, 4.69) is 5.32 Å². The van der Waals surface area contributed by atoms with Crippen LogP contribution in [0.3, 0.4) is 0 Å².